The van der Waals surface area contributed by atoms with Crippen molar-refractivity contribution in [3.63, 3.8) is 0 Å². The number of anilines is 1. The van der Waals surface area contributed by atoms with Crippen molar-refractivity contribution in [2.24, 2.45) is 5.92 Å². The van der Waals surface area contributed by atoms with Crippen molar-refractivity contribution in [2.75, 3.05) is 31.5 Å². The standard InChI is InChI=1S/C22H27N3O4S2/c26-21(17-10-14-25(15-11-17)31(28,29)20-9-6-16-30-20)23-19-8-3-2-7-18(19)22(27)24-12-4-1-5-13-24/h2-3,6-9,16-17H,1,4-5,10-15H2,(H,23,26). The summed E-state index contributed by atoms with van der Waals surface area (Å²) in [5, 5.41) is 4.67. The molecule has 2 amide bonds. The first-order valence-electron chi connectivity index (χ1n) is 10.7. The molecule has 0 unspecified atom stereocenters. The zero-order valence-electron chi connectivity index (χ0n) is 17.3. The number of amides is 2. The first-order valence-corrected chi connectivity index (χ1v) is 13.0. The second-order valence-corrected chi connectivity index (χ2v) is 11.1. The number of benzene rings is 1. The summed E-state index contributed by atoms with van der Waals surface area (Å²) in [5.41, 5.74) is 1.03. The van der Waals surface area contributed by atoms with Gasteiger partial charge in [-0.15, -0.1) is 11.3 Å². The Kier molecular flexibility index (Phi) is 6.74. The number of nitrogens with one attached hydrogen (secondary N) is 1. The monoisotopic (exact) mass is 461 g/mol. The molecule has 2 aliphatic rings. The first-order chi connectivity index (χ1) is 15.0. The van der Waals surface area contributed by atoms with Crippen LogP contribution in [-0.2, 0) is 14.8 Å². The van der Waals surface area contributed by atoms with E-state index in [9.17, 15) is 18.0 Å². The van der Waals surface area contributed by atoms with Crippen molar-refractivity contribution in [2.45, 2.75) is 36.3 Å². The zero-order valence-corrected chi connectivity index (χ0v) is 19.0. The van der Waals surface area contributed by atoms with E-state index in [1.165, 1.54) is 15.6 Å². The Bertz CT molecular complexity index is 1020. The van der Waals surface area contributed by atoms with Crippen LogP contribution in [0.2, 0.25) is 0 Å². The molecule has 2 fully saturated rings. The lowest BCUT2D eigenvalue weighted by molar-refractivity contribution is -0.120. The molecule has 1 aromatic carbocycles. The first kappa shape index (κ1) is 22.0. The summed E-state index contributed by atoms with van der Waals surface area (Å²) in [7, 11) is -3.49. The van der Waals surface area contributed by atoms with Gasteiger partial charge in [0.15, 0.2) is 0 Å². The maximum Gasteiger partial charge on any atom is 0.255 e. The number of para-hydroxylation sites is 1. The van der Waals surface area contributed by atoms with Crippen LogP contribution in [0.15, 0.2) is 46.0 Å². The smallest absolute Gasteiger partial charge is 0.255 e. The zero-order chi connectivity index (χ0) is 21.8. The van der Waals surface area contributed by atoms with E-state index < -0.39 is 10.0 Å². The topological polar surface area (TPSA) is 86.8 Å². The molecule has 0 radical (unpaired) electrons. The van der Waals surface area contributed by atoms with E-state index in [1.807, 2.05) is 4.90 Å². The summed E-state index contributed by atoms with van der Waals surface area (Å²) < 4.78 is 27.1. The molecule has 2 saturated heterocycles. The van der Waals surface area contributed by atoms with Gasteiger partial charge in [-0.1, -0.05) is 18.2 Å². The Labute approximate surface area is 187 Å². The van der Waals surface area contributed by atoms with Gasteiger partial charge in [0, 0.05) is 32.1 Å². The molecular weight excluding hydrogens is 434 g/mol. The van der Waals surface area contributed by atoms with Crippen molar-refractivity contribution < 1.29 is 18.0 Å². The Hall–Kier alpha value is -2.23. The molecule has 2 aromatic rings. The van der Waals surface area contributed by atoms with E-state index in [2.05, 4.69) is 5.32 Å². The van der Waals surface area contributed by atoms with E-state index in [1.54, 1.807) is 41.8 Å². The third-order valence-corrected chi connectivity index (χ3v) is 9.24. The summed E-state index contributed by atoms with van der Waals surface area (Å²) in [5.74, 6) is -0.493. The number of carbonyl (C=O) groups excluding carboxylic acids is 2. The van der Waals surface area contributed by atoms with Crippen LogP contribution in [-0.4, -0.2) is 55.6 Å². The molecule has 2 aliphatic heterocycles. The van der Waals surface area contributed by atoms with Gasteiger partial charge in [-0.25, -0.2) is 8.42 Å². The number of carbonyl (C=O) groups is 2. The van der Waals surface area contributed by atoms with Gasteiger partial charge in [0.1, 0.15) is 4.21 Å². The van der Waals surface area contributed by atoms with Crippen LogP contribution in [0.3, 0.4) is 0 Å². The number of hydrogen-bond donors (Lipinski definition) is 1. The number of nitrogens with zero attached hydrogens (tertiary/aromatic N) is 2. The Morgan fingerprint density at radius 3 is 2.32 bits per heavy atom. The molecule has 0 aliphatic carbocycles. The molecule has 7 nitrogen and oxygen atoms in total. The molecule has 1 N–H and O–H groups in total. The number of hydrogen-bond acceptors (Lipinski definition) is 5. The van der Waals surface area contributed by atoms with E-state index >= 15 is 0 Å². The van der Waals surface area contributed by atoms with Gasteiger partial charge in [0.05, 0.1) is 11.3 Å². The molecule has 1 aromatic heterocycles. The normalized spacial score (nSPS) is 18.6. The fourth-order valence-electron chi connectivity index (χ4n) is 4.18. The second kappa shape index (κ2) is 9.50. The van der Waals surface area contributed by atoms with Gasteiger partial charge in [0.2, 0.25) is 5.91 Å². The SMILES string of the molecule is O=C(Nc1ccccc1C(=O)N1CCCCC1)C1CCN(S(=O)(=O)c2cccs2)CC1. The van der Waals surface area contributed by atoms with Gasteiger partial charge in [-0.05, 0) is 55.7 Å². The number of likely N-dealkylation sites (tertiary alicyclic amines) is 1. The number of rotatable bonds is 5. The summed E-state index contributed by atoms with van der Waals surface area (Å²) in [4.78, 5) is 27.7. The number of thiophene rings is 1. The molecular formula is C22H27N3O4S2. The third kappa shape index (κ3) is 4.83. The van der Waals surface area contributed by atoms with Gasteiger partial charge in [-0.3, -0.25) is 9.59 Å². The van der Waals surface area contributed by atoms with Crippen LogP contribution < -0.4 is 5.32 Å². The van der Waals surface area contributed by atoms with E-state index in [4.69, 9.17) is 0 Å². The highest BCUT2D eigenvalue weighted by Gasteiger charge is 2.33. The second-order valence-electron chi connectivity index (χ2n) is 8.00. The van der Waals surface area contributed by atoms with Gasteiger partial charge in [-0.2, -0.15) is 4.31 Å². The quantitative estimate of drug-likeness (QED) is 0.739. The fraction of sp³-hybridized carbons (Fsp3) is 0.455. The lowest BCUT2D eigenvalue weighted by Crippen LogP contribution is -2.41. The highest BCUT2D eigenvalue weighted by atomic mass is 32.2. The van der Waals surface area contributed by atoms with Gasteiger partial charge in [0.25, 0.3) is 15.9 Å². The Balaban J connectivity index is 1.39. The molecule has 3 heterocycles. The predicted octanol–water partition coefficient (Wildman–Crippen LogP) is 3.41. The fourth-order valence-corrected chi connectivity index (χ4v) is 6.79. The predicted molar refractivity (Wildman–Crippen MR) is 121 cm³/mol. The average molecular weight is 462 g/mol. The largest absolute Gasteiger partial charge is 0.339 e. The molecule has 0 spiro atoms. The van der Waals surface area contributed by atoms with Crippen LogP contribution in [0.5, 0.6) is 0 Å². The van der Waals surface area contributed by atoms with Crippen molar-refractivity contribution in [3.05, 3.63) is 47.3 Å². The molecule has 9 heteroatoms. The van der Waals surface area contributed by atoms with E-state index in [-0.39, 0.29) is 17.7 Å². The molecule has 31 heavy (non-hydrogen) atoms. The maximum atomic E-state index is 12.9. The lowest BCUT2D eigenvalue weighted by Gasteiger charge is -2.30. The van der Waals surface area contributed by atoms with Crippen LogP contribution in [0.25, 0.3) is 0 Å². The Morgan fingerprint density at radius 2 is 1.65 bits per heavy atom. The molecule has 0 atom stereocenters. The van der Waals surface area contributed by atoms with Crippen molar-refractivity contribution in [1.82, 2.24) is 9.21 Å². The minimum absolute atomic E-state index is 0.0486. The number of piperidine rings is 2. The van der Waals surface area contributed by atoms with Crippen molar-refractivity contribution >= 4 is 38.9 Å². The summed E-state index contributed by atoms with van der Waals surface area (Å²) >= 11 is 1.20. The highest BCUT2D eigenvalue weighted by molar-refractivity contribution is 7.91. The molecule has 4 rings (SSSR count). The maximum absolute atomic E-state index is 12.9. The van der Waals surface area contributed by atoms with Crippen molar-refractivity contribution in [3.8, 4) is 0 Å². The van der Waals surface area contributed by atoms with Crippen LogP contribution >= 0.6 is 11.3 Å². The lowest BCUT2D eigenvalue weighted by atomic mass is 9.97. The van der Waals surface area contributed by atoms with E-state index in [0.29, 0.717) is 41.4 Å². The van der Waals surface area contributed by atoms with Crippen LogP contribution in [0, 0.1) is 5.92 Å². The molecule has 0 bridgehead atoms. The average Bonchev–Trinajstić information content (AvgIpc) is 3.36. The molecule has 166 valence electrons. The van der Waals surface area contributed by atoms with Crippen LogP contribution in [0.4, 0.5) is 5.69 Å². The highest BCUT2D eigenvalue weighted by Crippen LogP contribution is 2.28. The molecule has 0 saturated carbocycles. The van der Waals surface area contributed by atoms with Gasteiger partial charge >= 0.3 is 0 Å². The number of sulfonamides is 1. The summed E-state index contributed by atoms with van der Waals surface area (Å²) in [6, 6.07) is 10.4. The van der Waals surface area contributed by atoms with E-state index in [0.717, 1.165) is 32.4 Å². The van der Waals surface area contributed by atoms with Crippen LogP contribution in [0.1, 0.15) is 42.5 Å². The summed E-state index contributed by atoms with van der Waals surface area (Å²) in [6.45, 7) is 2.12. The minimum Gasteiger partial charge on any atom is -0.339 e. The summed E-state index contributed by atoms with van der Waals surface area (Å²) in [6.07, 6.45) is 4.07. The minimum atomic E-state index is -3.49. The van der Waals surface area contributed by atoms with Crippen molar-refractivity contribution in [1.29, 1.82) is 0 Å². The Morgan fingerprint density at radius 1 is 0.935 bits per heavy atom. The third-order valence-electron chi connectivity index (χ3n) is 5.97. The van der Waals surface area contributed by atoms with Gasteiger partial charge < -0.3 is 10.2 Å².